The van der Waals surface area contributed by atoms with Gasteiger partial charge in [-0.05, 0) is 80.7 Å². The first-order valence-electron chi connectivity index (χ1n) is 13.0. The minimum Gasteiger partial charge on any atom is -0.481 e. The first kappa shape index (κ1) is 30.5. The van der Waals surface area contributed by atoms with E-state index in [4.69, 9.17) is 21.8 Å². The molecule has 208 valence electrons. The number of nitrogens with zero attached hydrogens (tertiary/aromatic N) is 2. The van der Waals surface area contributed by atoms with Crippen molar-refractivity contribution in [3.05, 3.63) is 83.4 Å². The molecular weight excluding hydrogens is 536 g/mol. The molecule has 2 aliphatic rings. The van der Waals surface area contributed by atoms with Crippen LogP contribution in [0.15, 0.2) is 82.6 Å². The van der Waals surface area contributed by atoms with Crippen molar-refractivity contribution in [2.45, 2.75) is 47.8 Å². The molecule has 7 nitrogen and oxygen atoms in total. The third kappa shape index (κ3) is 8.73. The topological polar surface area (TPSA) is 113 Å². The van der Waals surface area contributed by atoms with Crippen LogP contribution in [0, 0.1) is 0 Å². The number of para-hydroxylation sites is 1. The monoisotopic (exact) mass is 570 g/mol. The third-order valence-corrected chi connectivity index (χ3v) is 8.22. The summed E-state index contributed by atoms with van der Waals surface area (Å²) in [6, 6.07) is 26.0. The van der Waals surface area contributed by atoms with E-state index in [9.17, 15) is 9.59 Å². The summed E-state index contributed by atoms with van der Waals surface area (Å²) in [6.07, 6.45) is 3.10. The van der Waals surface area contributed by atoms with Gasteiger partial charge in [-0.1, -0.05) is 65.8 Å². The average Bonchev–Trinajstić information content (AvgIpc) is 2.93. The molecular formula is C30H35ClN2O5S. The number of likely N-dealkylation sites (tertiary alicyclic amines) is 1. The Morgan fingerprint density at radius 2 is 1.44 bits per heavy atom. The summed E-state index contributed by atoms with van der Waals surface area (Å²) in [5.74, 6) is -1.43. The van der Waals surface area contributed by atoms with Crippen molar-refractivity contribution in [1.82, 2.24) is 4.90 Å². The Balaban J connectivity index is 0.000000410. The van der Waals surface area contributed by atoms with Gasteiger partial charge in [0.1, 0.15) is 0 Å². The Labute approximate surface area is 238 Å². The molecule has 9 heteroatoms. The third-order valence-electron chi connectivity index (χ3n) is 6.86. The molecule has 2 aliphatic heterocycles. The summed E-state index contributed by atoms with van der Waals surface area (Å²) in [4.78, 5) is 27.0. The first-order valence-corrected chi connectivity index (χ1v) is 14.1. The van der Waals surface area contributed by atoms with Gasteiger partial charge in [0.25, 0.3) is 0 Å². The fourth-order valence-electron chi connectivity index (χ4n) is 4.92. The highest BCUT2D eigenvalue weighted by atomic mass is 35.5. The Kier molecular flexibility index (Phi) is 11.7. The quantitative estimate of drug-likeness (QED) is 0.325. The van der Waals surface area contributed by atoms with E-state index in [0.29, 0.717) is 0 Å². The lowest BCUT2D eigenvalue weighted by Gasteiger charge is -2.35. The van der Waals surface area contributed by atoms with E-state index in [1.165, 1.54) is 52.7 Å². The Morgan fingerprint density at radius 1 is 0.821 bits per heavy atom. The maximum Gasteiger partial charge on any atom is 0.303 e. The second-order valence-corrected chi connectivity index (χ2v) is 11.0. The summed E-state index contributed by atoms with van der Waals surface area (Å²) < 4.78 is 0. The van der Waals surface area contributed by atoms with Gasteiger partial charge >= 0.3 is 11.9 Å². The zero-order chi connectivity index (χ0) is 26.9. The molecule has 0 atom stereocenters. The van der Waals surface area contributed by atoms with Gasteiger partial charge in [0.15, 0.2) is 0 Å². The zero-order valence-corrected chi connectivity index (χ0v) is 23.3. The highest BCUT2D eigenvalue weighted by molar-refractivity contribution is 7.99. The van der Waals surface area contributed by atoms with E-state index in [0.717, 1.165) is 30.5 Å². The van der Waals surface area contributed by atoms with Crippen LogP contribution < -0.4 is 4.90 Å². The molecule has 39 heavy (non-hydrogen) atoms. The summed E-state index contributed by atoms with van der Waals surface area (Å²) in [5.41, 5.74) is 4.06. The Morgan fingerprint density at radius 3 is 2.10 bits per heavy atom. The highest BCUT2D eigenvalue weighted by Crippen LogP contribution is 2.48. The molecule has 1 saturated heterocycles. The van der Waals surface area contributed by atoms with Crippen LogP contribution in [0.1, 0.15) is 43.6 Å². The van der Waals surface area contributed by atoms with Crippen LogP contribution in [0.5, 0.6) is 0 Å². The predicted molar refractivity (Wildman–Crippen MR) is 157 cm³/mol. The van der Waals surface area contributed by atoms with E-state index in [2.05, 4.69) is 76.5 Å². The lowest BCUT2D eigenvalue weighted by atomic mass is 9.89. The number of carbonyl (C=O) groups is 2. The summed E-state index contributed by atoms with van der Waals surface area (Å²) in [6.45, 7) is 4.58. The van der Waals surface area contributed by atoms with Gasteiger partial charge in [-0.2, -0.15) is 0 Å². The molecule has 4 N–H and O–H groups in total. The smallest absolute Gasteiger partial charge is 0.303 e. The van der Waals surface area contributed by atoms with Crippen LogP contribution in [0.25, 0.3) is 0 Å². The number of hydrogen-bond acceptors (Lipinski definition) is 5. The maximum absolute atomic E-state index is 9.64. The number of aliphatic carboxylic acids is 2. The van der Waals surface area contributed by atoms with Gasteiger partial charge in [-0.25, -0.2) is 0 Å². The summed E-state index contributed by atoms with van der Waals surface area (Å²) >= 11 is 8.19. The van der Waals surface area contributed by atoms with Crippen LogP contribution in [0.2, 0.25) is 5.02 Å². The van der Waals surface area contributed by atoms with Crippen LogP contribution in [-0.2, 0) is 9.59 Å². The van der Waals surface area contributed by atoms with E-state index in [1.54, 1.807) is 0 Å². The molecule has 3 aromatic carbocycles. The van der Waals surface area contributed by atoms with Gasteiger partial charge in [0.2, 0.25) is 0 Å². The molecule has 1 fully saturated rings. The zero-order valence-electron chi connectivity index (χ0n) is 21.8. The molecule has 3 aromatic rings. The second kappa shape index (κ2) is 14.9. The molecule has 2 heterocycles. The SMILES string of the molecule is Clc1ccc2c(c1)N(CCCN1CCC(c3ccccc3)CC1)c1ccccc1S2.O.O=C(O)CCC(=O)O. The molecule has 0 aromatic heterocycles. The normalized spacial score (nSPS) is 14.7. The van der Waals surface area contributed by atoms with E-state index in [1.807, 2.05) is 17.8 Å². The fourth-order valence-corrected chi connectivity index (χ4v) is 6.17. The van der Waals surface area contributed by atoms with Gasteiger partial charge in [0, 0.05) is 21.4 Å². The van der Waals surface area contributed by atoms with E-state index in [-0.39, 0.29) is 18.3 Å². The van der Waals surface area contributed by atoms with Crippen LogP contribution in [0.4, 0.5) is 11.4 Å². The lowest BCUT2D eigenvalue weighted by molar-refractivity contribution is -0.143. The molecule has 0 saturated carbocycles. The van der Waals surface area contributed by atoms with Crippen molar-refractivity contribution in [2.24, 2.45) is 0 Å². The molecule has 0 spiro atoms. The number of piperidine rings is 1. The fraction of sp³-hybridized carbons (Fsp3) is 0.333. The number of halogens is 1. The summed E-state index contributed by atoms with van der Waals surface area (Å²) in [5, 5.41) is 16.6. The molecule has 0 unspecified atom stereocenters. The standard InChI is InChI=1S/C26H27ClN2S.C4H6O4.H2O/c27-22-11-12-26-24(19-22)29(23-9-4-5-10-25(23)30-26)16-6-15-28-17-13-21(14-18-28)20-7-2-1-3-8-20;5-3(6)1-2-4(7)8;/h1-5,7-12,19,21H,6,13-18H2;1-2H2,(H,5,6)(H,7,8);1H2. The second-order valence-electron chi connectivity index (χ2n) is 9.50. The number of carboxylic acid groups (broad SMARTS) is 2. The number of fused-ring (bicyclic) bond motifs is 2. The first-order chi connectivity index (χ1) is 18.4. The van der Waals surface area contributed by atoms with Crippen molar-refractivity contribution in [3.63, 3.8) is 0 Å². The van der Waals surface area contributed by atoms with Crippen LogP contribution in [-0.4, -0.2) is 58.7 Å². The summed E-state index contributed by atoms with van der Waals surface area (Å²) in [7, 11) is 0. The Bertz CT molecular complexity index is 1220. The van der Waals surface area contributed by atoms with E-state index < -0.39 is 11.9 Å². The molecule has 0 aliphatic carbocycles. The number of carboxylic acids is 2. The number of anilines is 2. The minimum absolute atomic E-state index is 0. The van der Waals surface area contributed by atoms with Gasteiger partial charge in [-0.3, -0.25) is 9.59 Å². The van der Waals surface area contributed by atoms with Crippen LogP contribution in [0.3, 0.4) is 0 Å². The van der Waals surface area contributed by atoms with Crippen molar-refractivity contribution in [1.29, 1.82) is 0 Å². The molecule has 5 rings (SSSR count). The number of benzene rings is 3. The maximum atomic E-state index is 9.64. The highest BCUT2D eigenvalue weighted by Gasteiger charge is 2.24. The van der Waals surface area contributed by atoms with E-state index >= 15 is 0 Å². The van der Waals surface area contributed by atoms with Crippen molar-refractivity contribution in [3.8, 4) is 0 Å². The molecule has 0 amide bonds. The molecule has 0 bridgehead atoms. The number of rotatable bonds is 8. The van der Waals surface area contributed by atoms with Gasteiger partial charge < -0.3 is 25.5 Å². The molecule has 0 radical (unpaired) electrons. The van der Waals surface area contributed by atoms with Crippen molar-refractivity contribution >= 4 is 46.7 Å². The minimum atomic E-state index is -1.08. The lowest BCUT2D eigenvalue weighted by Crippen LogP contribution is -2.35. The largest absolute Gasteiger partial charge is 0.481 e. The Hall–Kier alpha value is -3.04. The van der Waals surface area contributed by atoms with Crippen LogP contribution >= 0.6 is 23.4 Å². The van der Waals surface area contributed by atoms with Gasteiger partial charge in [-0.15, -0.1) is 0 Å². The van der Waals surface area contributed by atoms with Gasteiger partial charge in [0.05, 0.1) is 24.2 Å². The predicted octanol–water partition coefficient (Wildman–Crippen LogP) is 6.32. The average molecular weight is 571 g/mol. The van der Waals surface area contributed by atoms with Crippen molar-refractivity contribution in [2.75, 3.05) is 31.1 Å². The van der Waals surface area contributed by atoms with Crippen molar-refractivity contribution < 1.29 is 25.3 Å². The number of hydrogen-bond donors (Lipinski definition) is 2.